The van der Waals surface area contributed by atoms with Crippen LogP contribution >= 0.6 is 15.9 Å². The molecule has 0 bridgehead atoms. The predicted molar refractivity (Wildman–Crippen MR) is 68.7 cm³/mol. The molecule has 1 atom stereocenters. The number of halogens is 1. The second-order valence-electron chi connectivity index (χ2n) is 4.21. The molecule has 17 heavy (non-hydrogen) atoms. The number of amides is 2. The minimum Gasteiger partial charge on any atom is -0.373 e. The maximum absolute atomic E-state index is 11.7. The van der Waals surface area contributed by atoms with Crippen LogP contribution in [0.25, 0.3) is 0 Å². The molecule has 0 saturated carbocycles. The molecule has 0 spiro atoms. The monoisotopic (exact) mass is 296 g/mol. The fraction of sp³-hybridized carbons (Fsp3) is 0.333. The van der Waals surface area contributed by atoms with E-state index in [-0.39, 0.29) is 18.2 Å². The van der Waals surface area contributed by atoms with E-state index in [0.29, 0.717) is 0 Å². The lowest BCUT2D eigenvalue weighted by molar-refractivity contribution is -0.136. The van der Waals surface area contributed by atoms with Gasteiger partial charge in [0.05, 0.1) is 6.42 Å². The van der Waals surface area contributed by atoms with Crippen molar-refractivity contribution in [2.24, 2.45) is 0 Å². The molecule has 0 radical (unpaired) electrons. The van der Waals surface area contributed by atoms with Gasteiger partial charge in [-0.3, -0.25) is 14.5 Å². The van der Waals surface area contributed by atoms with Crippen LogP contribution in [0.2, 0.25) is 0 Å². The molecule has 2 amide bonds. The lowest BCUT2D eigenvalue weighted by atomic mass is 10.2. The number of hydrogen-bond acceptors (Lipinski definition) is 3. The largest absolute Gasteiger partial charge is 0.373 e. The Balaban J connectivity index is 2.16. The molecule has 1 aliphatic rings. The summed E-state index contributed by atoms with van der Waals surface area (Å²) in [4.78, 5) is 24.3. The SMILES string of the molecule is Cc1cc(Br)cc(NC2CC(=O)N(C)C2=O)c1. The van der Waals surface area contributed by atoms with E-state index in [1.54, 1.807) is 0 Å². The zero-order chi connectivity index (χ0) is 12.6. The summed E-state index contributed by atoms with van der Waals surface area (Å²) in [6.45, 7) is 1.98. The van der Waals surface area contributed by atoms with Crippen LogP contribution in [0.5, 0.6) is 0 Å². The molecule has 0 aliphatic carbocycles. The lowest BCUT2D eigenvalue weighted by Crippen LogP contribution is -2.31. The highest BCUT2D eigenvalue weighted by atomic mass is 79.9. The van der Waals surface area contributed by atoms with Gasteiger partial charge in [0.2, 0.25) is 5.91 Å². The van der Waals surface area contributed by atoms with E-state index >= 15 is 0 Å². The van der Waals surface area contributed by atoms with Crippen LogP contribution < -0.4 is 5.32 Å². The molecular formula is C12H13BrN2O2. The first kappa shape index (κ1) is 12.1. The minimum absolute atomic E-state index is 0.140. The molecule has 1 aliphatic heterocycles. The van der Waals surface area contributed by atoms with E-state index < -0.39 is 6.04 Å². The highest BCUT2D eigenvalue weighted by Crippen LogP contribution is 2.22. The minimum atomic E-state index is -0.443. The Kier molecular flexibility index (Phi) is 3.19. The standard InChI is InChI=1S/C12H13BrN2O2/c1-7-3-8(13)5-9(4-7)14-10-6-11(16)15(2)12(10)17/h3-5,10,14H,6H2,1-2H3. The number of likely N-dealkylation sites (tertiary alicyclic amines) is 1. The number of nitrogens with one attached hydrogen (secondary N) is 1. The number of carbonyl (C=O) groups is 2. The summed E-state index contributed by atoms with van der Waals surface area (Å²) in [7, 11) is 1.51. The van der Waals surface area contributed by atoms with E-state index in [0.717, 1.165) is 15.7 Å². The Labute approximate surface area is 108 Å². The van der Waals surface area contributed by atoms with Crippen LogP contribution in [-0.4, -0.2) is 29.8 Å². The number of carbonyl (C=O) groups excluding carboxylic acids is 2. The summed E-state index contributed by atoms with van der Waals surface area (Å²) in [6.07, 6.45) is 0.223. The van der Waals surface area contributed by atoms with E-state index in [1.165, 1.54) is 11.9 Å². The molecule has 2 rings (SSSR count). The number of imide groups is 1. The van der Waals surface area contributed by atoms with Gasteiger partial charge in [0.25, 0.3) is 5.91 Å². The van der Waals surface area contributed by atoms with Crippen molar-refractivity contribution in [3.8, 4) is 0 Å². The van der Waals surface area contributed by atoms with E-state index in [4.69, 9.17) is 0 Å². The summed E-state index contributed by atoms with van der Waals surface area (Å²) < 4.78 is 0.949. The van der Waals surface area contributed by atoms with Gasteiger partial charge in [-0.2, -0.15) is 0 Å². The molecule has 1 N–H and O–H groups in total. The molecule has 90 valence electrons. The number of benzene rings is 1. The highest BCUT2D eigenvalue weighted by molar-refractivity contribution is 9.10. The number of likely N-dealkylation sites (N-methyl/N-ethyl adjacent to an activating group) is 1. The van der Waals surface area contributed by atoms with Gasteiger partial charge in [-0.25, -0.2) is 0 Å². The normalized spacial score (nSPS) is 19.9. The van der Waals surface area contributed by atoms with Gasteiger partial charge in [0.1, 0.15) is 6.04 Å². The van der Waals surface area contributed by atoms with Crippen molar-refractivity contribution < 1.29 is 9.59 Å². The highest BCUT2D eigenvalue weighted by Gasteiger charge is 2.35. The zero-order valence-electron chi connectivity index (χ0n) is 9.66. The summed E-state index contributed by atoms with van der Waals surface area (Å²) in [6, 6.07) is 5.38. The summed E-state index contributed by atoms with van der Waals surface area (Å²) in [5.74, 6) is -0.313. The maximum Gasteiger partial charge on any atom is 0.251 e. The first-order chi connectivity index (χ1) is 7.97. The molecule has 1 aromatic carbocycles. The van der Waals surface area contributed by atoms with Gasteiger partial charge in [-0.1, -0.05) is 15.9 Å². The van der Waals surface area contributed by atoms with E-state index in [9.17, 15) is 9.59 Å². The van der Waals surface area contributed by atoms with Crippen LogP contribution in [0.1, 0.15) is 12.0 Å². The fourth-order valence-corrected chi connectivity index (χ4v) is 2.50. The van der Waals surface area contributed by atoms with Crippen molar-refractivity contribution in [2.75, 3.05) is 12.4 Å². The quantitative estimate of drug-likeness (QED) is 0.849. The smallest absolute Gasteiger partial charge is 0.251 e. The average Bonchev–Trinajstić information content (AvgIpc) is 2.45. The van der Waals surface area contributed by atoms with Gasteiger partial charge in [-0.15, -0.1) is 0 Å². The van der Waals surface area contributed by atoms with Crippen molar-refractivity contribution in [1.82, 2.24) is 4.90 Å². The Hall–Kier alpha value is -1.36. The first-order valence-electron chi connectivity index (χ1n) is 5.31. The van der Waals surface area contributed by atoms with Crippen LogP contribution in [0.4, 0.5) is 5.69 Å². The van der Waals surface area contributed by atoms with Gasteiger partial charge in [0, 0.05) is 17.2 Å². The average molecular weight is 297 g/mol. The molecule has 5 heteroatoms. The molecule has 1 saturated heterocycles. The fourth-order valence-electron chi connectivity index (χ4n) is 1.89. The Bertz CT molecular complexity index is 467. The van der Waals surface area contributed by atoms with Crippen LogP contribution in [-0.2, 0) is 9.59 Å². The van der Waals surface area contributed by atoms with Gasteiger partial charge in [0.15, 0.2) is 0 Å². The second kappa shape index (κ2) is 4.49. The Morgan fingerprint density at radius 1 is 1.35 bits per heavy atom. The van der Waals surface area contributed by atoms with Crippen molar-refractivity contribution in [1.29, 1.82) is 0 Å². The van der Waals surface area contributed by atoms with Crippen molar-refractivity contribution in [3.63, 3.8) is 0 Å². The Morgan fingerprint density at radius 3 is 2.59 bits per heavy atom. The van der Waals surface area contributed by atoms with Crippen molar-refractivity contribution in [2.45, 2.75) is 19.4 Å². The van der Waals surface area contributed by atoms with Gasteiger partial charge >= 0.3 is 0 Å². The summed E-state index contributed by atoms with van der Waals surface area (Å²) in [5.41, 5.74) is 1.94. The maximum atomic E-state index is 11.7. The molecule has 0 aromatic heterocycles. The lowest BCUT2D eigenvalue weighted by Gasteiger charge is -2.13. The topological polar surface area (TPSA) is 49.4 Å². The molecule has 4 nitrogen and oxygen atoms in total. The number of aryl methyl sites for hydroxylation is 1. The predicted octanol–water partition coefficient (Wildman–Crippen LogP) is 1.93. The Morgan fingerprint density at radius 2 is 2.06 bits per heavy atom. The van der Waals surface area contributed by atoms with E-state index in [1.807, 2.05) is 25.1 Å². The molecule has 1 heterocycles. The summed E-state index contributed by atoms with van der Waals surface area (Å²) >= 11 is 3.40. The summed E-state index contributed by atoms with van der Waals surface area (Å²) in [5, 5.41) is 3.09. The molecule has 1 fully saturated rings. The van der Waals surface area contributed by atoms with Crippen molar-refractivity contribution in [3.05, 3.63) is 28.2 Å². The third-order valence-electron chi connectivity index (χ3n) is 2.76. The number of anilines is 1. The van der Waals surface area contributed by atoms with Crippen LogP contribution in [0.15, 0.2) is 22.7 Å². The molecule has 1 aromatic rings. The third kappa shape index (κ3) is 2.49. The number of nitrogens with zero attached hydrogens (tertiary/aromatic N) is 1. The van der Waals surface area contributed by atoms with Crippen molar-refractivity contribution >= 4 is 33.4 Å². The molecule has 1 unspecified atom stereocenters. The van der Waals surface area contributed by atoms with Gasteiger partial charge in [-0.05, 0) is 30.7 Å². The molecular weight excluding hydrogens is 284 g/mol. The second-order valence-corrected chi connectivity index (χ2v) is 5.12. The third-order valence-corrected chi connectivity index (χ3v) is 3.22. The zero-order valence-corrected chi connectivity index (χ0v) is 11.2. The van der Waals surface area contributed by atoms with Crippen LogP contribution in [0, 0.1) is 6.92 Å². The van der Waals surface area contributed by atoms with Crippen LogP contribution in [0.3, 0.4) is 0 Å². The van der Waals surface area contributed by atoms with Gasteiger partial charge < -0.3 is 5.32 Å². The number of hydrogen-bond donors (Lipinski definition) is 1. The number of rotatable bonds is 2. The first-order valence-corrected chi connectivity index (χ1v) is 6.11. The van der Waals surface area contributed by atoms with E-state index in [2.05, 4.69) is 21.2 Å².